The predicted octanol–water partition coefficient (Wildman–Crippen LogP) is 0.753. The monoisotopic (exact) mass is 273 g/mol. The normalized spacial score (nSPS) is 13.3. The number of nitrogens with one attached hydrogen (secondary N) is 1. The number of sulfonamides is 1. The van der Waals surface area contributed by atoms with E-state index in [-0.39, 0.29) is 11.0 Å². The van der Waals surface area contributed by atoms with Gasteiger partial charge in [-0.2, -0.15) is 0 Å². The maximum absolute atomic E-state index is 11.2. The molecule has 0 aliphatic heterocycles. The van der Waals surface area contributed by atoms with Crippen molar-refractivity contribution < 1.29 is 13.2 Å². The van der Waals surface area contributed by atoms with Crippen molar-refractivity contribution in [2.24, 2.45) is 5.14 Å². The van der Waals surface area contributed by atoms with Crippen LogP contribution in [0.3, 0.4) is 0 Å². The van der Waals surface area contributed by atoms with Crippen LogP contribution in [0.4, 0.5) is 11.4 Å². The fraction of sp³-hybridized carbons (Fsp3) is 0.455. The fourth-order valence-electron chi connectivity index (χ4n) is 1.49. The molecule has 1 aromatic carbocycles. The van der Waals surface area contributed by atoms with Crippen molar-refractivity contribution in [3.8, 4) is 0 Å². The number of nitrogens with two attached hydrogens (primary N) is 2. The molecule has 0 radical (unpaired) electrons. The standard InChI is InChI=1S/C11H19N3O3S/c1-3-17-8(2)7-14-10-4-9(12)5-11(6-10)18(13,15)16/h4-6,8,14H,3,7,12H2,1-2H3,(H2,13,15,16). The van der Waals surface area contributed by atoms with Crippen LogP contribution in [0.25, 0.3) is 0 Å². The van der Waals surface area contributed by atoms with Gasteiger partial charge in [-0.05, 0) is 32.0 Å². The summed E-state index contributed by atoms with van der Waals surface area (Å²) in [5.74, 6) is 0. The molecule has 0 saturated carbocycles. The van der Waals surface area contributed by atoms with E-state index in [2.05, 4.69) is 5.32 Å². The maximum atomic E-state index is 11.2. The summed E-state index contributed by atoms with van der Waals surface area (Å²) in [7, 11) is -3.75. The van der Waals surface area contributed by atoms with E-state index in [4.69, 9.17) is 15.6 Å². The Hall–Kier alpha value is -1.31. The number of ether oxygens (including phenoxy) is 1. The molecule has 0 aliphatic carbocycles. The second kappa shape index (κ2) is 6.03. The number of benzene rings is 1. The highest BCUT2D eigenvalue weighted by molar-refractivity contribution is 7.89. The van der Waals surface area contributed by atoms with Crippen molar-refractivity contribution in [3.05, 3.63) is 18.2 Å². The lowest BCUT2D eigenvalue weighted by atomic mass is 10.2. The maximum Gasteiger partial charge on any atom is 0.238 e. The zero-order valence-corrected chi connectivity index (χ0v) is 11.3. The van der Waals surface area contributed by atoms with Crippen molar-refractivity contribution in [3.63, 3.8) is 0 Å². The third-order valence-corrected chi connectivity index (χ3v) is 3.19. The molecule has 0 spiro atoms. The Labute approximate surface area is 107 Å². The zero-order chi connectivity index (χ0) is 13.8. The Kier molecular flexibility index (Phi) is 4.94. The number of hydrogen-bond donors (Lipinski definition) is 3. The van der Waals surface area contributed by atoms with Gasteiger partial charge >= 0.3 is 0 Å². The Morgan fingerprint density at radius 2 is 2.06 bits per heavy atom. The summed E-state index contributed by atoms with van der Waals surface area (Å²) in [6.07, 6.45) is 0.0226. The van der Waals surface area contributed by atoms with Crippen LogP contribution in [-0.4, -0.2) is 27.7 Å². The molecular weight excluding hydrogens is 254 g/mol. The molecule has 0 fully saturated rings. The van der Waals surface area contributed by atoms with Gasteiger partial charge in [-0.3, -0.25) is 0 Å². The summed E-state index contributed by atoms with van der Waals surface area (Å²) in [4.78, 5) is -0.00550. The second-order valence-electron chi connectivity index (χ2n) is 3.98. The highest BCUT2D eigenvalue weighted by Gasteiger charge is 2.10. The molecule has 1 rings (SSSR count). The lowest BCUT2D eigenvalue weighted by molar-refractivity contribution is 0.0855. The molecule has 7 heteroatoms. The highest BCUT2D eigenvalue weighted by atomic mass is 32.2. The molecule has 18 heavy (non-hydrogen) atoms. The van der Waals surface area contributed by atoms with E-state index in [0.717, 1.165) is 0 Å². The summed E-state index contributed by atoms with van der Waals surface area (Å²) < 4.78 is 27.9. The molecule has 1 aromatic rings. The van der Waals surface area contributed by atoms with E-state index in [0.29, 0.717) is 24.5 Å². The summed E-state index contributed by atoms with van der Waals surface area (Å²) in [5, 5.41) is 8.12. The van der Waals surface area contributed by atoms with Crippen LogP contribution in [0, 0.1) is 0 Å². The van der Waals surface area contributed by atoms with Gasteiger partial charge < -0.3 is 15.8 Å². The first-order valence-electron chi connectivity index (χ1n) is 5.61. The van der Waals surface area contributed by atoms with E-state index in [1.54, 1.807) is 6.07 Å². The van der Waals surface area contributed by atoms with Gasteiger partial charge in [-0.15, -0.1) is 0 Å². The smallest absolute Gasteiger partial charge is 0.238 e. The summed E-state index contributed by atoms with van der Waals surface area (Å²) in [6.45, 7) is 5.02. The van der Waals surface area contributed by atoms with Crippen LogP contribution in [0.5, 0.6) is 0 Å². The lowest BCUT2D eigenvalue weighted by Gasteiger charge is -2.14. The summed E-state index contributed by atoms with van der Waals surface area (Å²) in [5.41, 5.74) is 6.57. The SMILES string of the molecule is CCOC(C)CNc1cc(N)cc(S(N)(=O)=O)c1. The number of hydrogen-bond acceptors (Lipinski definition) is 5. The Bertz CT molecular complexity index is 502. The average molecular weight is 273 g/mol. The molecule has 5 N–H and O–H groups in total. The van der Waals surface area contributed by atoms with Gasteiger partial charge in [0.15, 0.2) is 0 Å². The minimum atomic E-state index is -3.75. The van der Waals surface area contributed by atoms with E-state index in [1.165, 1.54) is 12.1 Å². The number of primary sulfonamides is 1. The van der Waals surface area contributed by atoms with Gasteiger partial charge in [-0.1, -0.05) is 0 Å². The fourth-order valence-corrected chi connectivity index (χ4v) is 2.09. The van der Waals surface area contributed by atoms with Crippen molar-refractivity contribution in [1.82, 2.24) is 0 Å². The van der Waals surface area contributed by atoms with Gasteiger partial charge in [0.1, 0.15) is 0 Å². The van der Waals surface area contributed by atoms with Crippen LogP contribution >= 0.6 is 0 Å². The zero-order valence-electron chi connectivity index (χ0n) is 10.5. The molecule has 0 heterocycles. The molecule has 0 aromatic heterocycles. The van der Waals surface area contributed by atoms with Crippen LogP contribution in [0.2, 0.25) is 0 Å². The molecule has 0 aliphatic rings. The van der Waals surface area contributed by atoms with Crippen molar-refractivity contribution in [1.29, 1.82) is 0 Å². The average Bonchev–Trinajstić information content (AvgIpc) is 2.25. The number of anilines is 2. The molecule has 0 bridgehead atoms. The van der Waals surface area contributed by atoms with E-state index in [1.807, 2.05) is 13.8 Å². The Morgan fingerprint density at radius 3 is 2.61 bits per heavy atom. The third kappa shape index (κ3) is 4.52. The van der Waals surface area contributed by atoms with Crippen LogP contribution in [0.1, 0.15) is 13.8 Å². The third-order valence-electron chi connectivity index (χ3n) is 2.30. The largest absolute Gasteiger partial charge is 0.399 e. The quantitative estimate of drug-likeness (QED) is 0.663. The Morgan fingerprint density at radius 1 is 1.39 bits per heavy atom. The number of rotatable bonds is 6. The highest BCUT2D eigenvalue weighted by Crippen LogP contribution is 2.19. The van der Waals surface area contributed by atoms with Crippen LogP contribution in [-0.2, 0) is 14.8 Å². The lowest BCUT2D eigenvalue weighted by Crippen LogP contribution is -2.20. The van der Waals surface area contributed by atoms with Crippen LogP contribution in [0.15, 0.2) is 23.1 Å². The van der Waals surface area contributed by atoms with Gasteiger partial charge in [0, 0.05) is 24.5 Å². The van der Waals surface area contributed by atoms with E-state index < -0.39 is 10.0 Å². The minimum absolute atomic E-state index is 0.00550. The van der Waals surface area contributed by atoms with Crippen molar-refractivity contribution in [2.45, 2.75) is 24.8 Å². The number of nitrogen functional groups attached to an aromatic ring is 1. The first kappa shape index (κ1) is 14.7. The van der Waals surface area contributed by atoms with Gasteiger partial charge in [0.25, 0.3) is 0 Å². The molecular formula is C11H19N3O3S. The molecule has 6 nitrogen and oxygen atoms in total. The first-order chi connectivity index (χ1) is 8.32. The van der Waals surface area contributed by atoms with Crippen LogP contribution < -0.4 is 16.2 Å². The van der Waals surface area contributed by atoms with Gasteiger partial charge in [-0.25, -0.2) is 13.6 Å². The second-order valence-corrected chi connectivity index (χ2v) is 5.54. The van der Waals surface area contributed by atoms with Crippen molar-refractivity contribution >= 4 is 21.4 Å². The minimum Gasteiger partial charge on any atom is -0.399 e. The molecule has 102 valence electrons. The van der Waals surface area contributed by atoms with Crippen molar-refractivity contribution in [2.75, 3.05) is 24.2 Å². The van der Waals surface area contributed by atoms with Gasteiger partial charge in [0.05, 0.1) is 11.0 Å². The van der Waals surface area contributed by atoms with E-state index >= 15 is 0 Å². The molecule has 0 amide bonds. The predicted molar refractivity (Wildman–Crippen MR) is 71.8 cm³/mol. The van der Waals surface area contributed by atoms with Gasteiger partial charge in [0.2, 0.25) is 10.0 Å². The summed E-state index contributed by atoms with van der Waals surface area (Å²) in [6, 6.07) is 4.42. The summed E-state index contributed by atoms with van der Waals surface area (Å²) >= 11 is 0. The first-order valence-corrected chi connectivity index (χ1v) is 7.16. The molecule has 0 saturated heterocycles. The molecule has 1 atom stereocenters. The van der Waals surface area contributed by atoms with E-state index in [9.17, 15) is 8.42 Å². The molecule has 1 unspecified atom stereocenters. The topological polar surface area (TPSA) is 107 Å². The Balaban J connectivity index is 2.81.